The van der Waals surface area contributed by atoms with Crippen LogP contribution in [0.2, 0.25) is 0 Å². The van der Waals surface area contributed by atoms with E-state index >= 15 is 0 Å². The number of carbonyl (C=O) groups is 2. The number of para-hydroxylation sites is 1. The van der Waals surface area contributed by atoms with E-state index in [0.29, 0.717) is 39.1 Å². The highest BCUT2D eigenvalue weighted by atomic mass is 19.1. The van der Waals surface area contributed by atoms with E-state index in [-0.39, 0.29) is 24.0 Å². The molecule has 0 N–H and O–H groups in total. The number of carbonyl (C=O) groups excluding carboxylic acids is 2. The second kappa shape index (κ2) is 5.81. The molecular weight excluding hydrogens is 275 g/mol. The van der Waals surface area contributed by atoms with Gasteiger partial charge in [0, 0.05) is 19.5 Å². The van der Waals surface area contributed by atoms with Crippen molar-refractivity contribution in [2.75, 3.05) is 37.7 Å². The van der Waals surface area contributed by atoms with Crippen LogP contribution in [0.5, 0.6) is 0 Å². The van der Waals surface area contributed by atoms with Crippen molar-refractivity contribution in [3.05, 3.63) is 29.6 Å². The monoisotopic (exact) mass is 292 g/mol. The lowest BCUT2D eigenvalue weighted by Crippen LogP contribution is -2.48. The summed E-state index contributed by atoms with van der Waals surface area (Å²) in [5, 5.41) is 0. The first-order valence-corrected chi connectivity index (χ1v) is 7.10. The molecule has 0 aromatic heterocycles. The van der Waals surface area contributed by atoms with E-state index < -0.39 is 5.82 Å². The second-order valence-corrected chi connectivity index (χ2v) is 5.22. The largest absolute Gasteiger partial charge is 0.378 e. The number of amides is 2. The Morgan fingerprint density at radius 3 is 2.76 bits per heavy atom. The van der Waals surface area contributed by atoms with Gasteiger partial charge >= 0.3 is 0 Å². The highest BCUT2D eigenvalue weighted by Crippen LogP contribution is 2.30. The Balaban J connectivity index is 1.81. The van der Waals surface area contributed by atoms with Gasteiger partial charge in [0.15, 0.2) is 0 Å². The van der Waals surface area contributed by atoms with E-state index in [1.165, 1.54) is 11.0 Å². The quantitative estimate of drug-likeness (QED) is 0.816. The Morgan fingerprint density at radius 1 is 1.24 bits per heavy atom. The molecule has 112 valence electrons. The lowest BCUT2D eigenvalue weighted by atomic mass is 10.0. The van der Waals surface area contributed by atoms with Gasteiger partial charge in [-0.25, -0.2) is 4.39 Å². The number of morpholine rings is 1. The van der Waals surface area contributed by atoms with Gasteiger partial charge in [0.25, 0.3) is 0 Å². The zero-order valence-corrected chi connectivity index (χ0v) is 11.7. The third-order valence-electron chi connectivity index (χ3n) is 3.91. The van der Waals surface area contributed by atoms with Crippen LogP contribution >= 0.6 is 0 Å². The fourth-order valence-corrected chi connectivity index (χ4v) is 2.78. The minimum atomic E-state index is -0.449. The van der Waals surface area contributed by atoms with Crippen LogP contribution < -0.4 is 4.90 Å². The standard InChI is InChI=1S/C15H17FN2O3/c16-12-3-1-2-11-4-5-13(19)18(15(11)12)10-14(20)17-6-8-21-9-7-17/h1-3H,4-10H2. The van der Waals surface area contributed by atoms with Crippen LogP contribution in [0.1, 0.15) is 12.0 Å². The van der Waals surface area contributed by atoms with Crippen LogP contribution in [-0.2, 0) is 20.7 Å². The normalized spacial score (nSPS) is 18.6. The molecule has 0 aliphatic carbocycles. The van der Waals surface area contributed by atoms with Crippen LogP contribution in [0, 0.1) is 5.82 Å². The van der Waals surface area contributed by atoms with Crippen molar-refractivity contribution in [1.29, 1.82) is 0 Å². The molecule has 1 aromatic carbocycles. The molecule has 0 saturated carbocycles. The van der Waals surface area contributed by atoms with Crippen molar-refractivity contribution < 1.29 is 18.7 Å². The van der Waals surface area contributed by atoms with Gasteiger partial charge in [-0.2, -0.15) is 0 Å². The molecule has 3 rings (SSSR count). The molecule has 0 radical (unpaired) electrons. The molecule has 0 spiro atoms. The van der Waals surface area contributed by atoms with Crippen molar-refractivity contribution in [2.45, 2.75) is 12.8 Å². The number of rotatable bonds is 2. The van der Waals surface area contributed by atoms with Gasteiger partial charge in [0.2, 0.25) is 11.8 Å². The molecule has 2 amide bonds. The van der Waals surface area contributed by atoms with E-state index in [2.05, 4.69) is 0 Å². The highest BCUT2D eigenvalue weighted by molar-refractivity contribution is 6.01. The molecule has 0 bridgehead atoms. The maximum absolute atomic E-state index is 14.0. The minimum Gasteiger partial charge on any atom is -0.378 e. The van der Waals surface area contributed by atoms with Gasteiger partial charge in [-0.15, -0.1) is 0 Å². The topological polar surface area (TPSA) is 49.9 Å². The molecule has 2 heterocycles. The van der Waals surface area contributed by atoms with E-state index in [1.54, 1.807) is 17.0 Å². The highest BCUT2D eigenvalue weighted by Gasteiger charge is 2.30. The first-order valence-electron chi connectivity index (χ1n) is 7.10. The third kappa shape index (κ3) is 2.76. The van der Waals surface area contributed by atoms with E-state index in [9.17, 15) is 14.0 Å². The Kier molecular flexibility index (Phi) is 3.88. The molecule has 2 aliphatic rings. The smallest absolute Gasteiger partial charge is 0.242 e. The third-order valence-corrected chi connectivity index (χ3v) is 3.91. The van der Waals surface area contributed by atoms with Crippen molar-refractivity contribution >= 4 is 17.5 Å². The van der Waals surface area contributed by atoms with Gasteiger partial charge in [-0.05, 0) is 18.1 Å². The minimum absolute atomic E-state index is 0.104. The number of aryl methyl sites for hydroxylation is 1. The summed E-state index contributed by atoms with van der Waals surface area (Å²) in [6.45, 7) is 1.94. The summed E-state index contributed by atoms with van der Waals surface area (Å²) in [5.74, 6) is -0.813. The predicted octanol–water partition coefficient (Wildman–Crippen LogP) is 0.964. The number of benzene rings is 1. The number of fused-ring (bicyclic) bond motifs is 1. The molecule has 5 nitrogen and oxygen atoms in total. The lowest BCUT2D eigenvalue weighted by Gasteiger charge is -2.33. The van der Waals surface area contributed by atoms with Crippen LogP contribution in [0.3, 0.4) is 0 Å². The summed E-state index contributed by atoms with van der Waals surface area (Å²) >= 11 is 0. The fourth-order valence-electron chi connectivity index (χ4n) is 2.78. The zero-order chi connectivity index (χ0) is 14.8. The molecule has 2 aliphatic heterocycles. The number of nitrogens with zero attached hydrogens (tertiary/aromatic N) is 2. The van der Waals surface area contributed by atoms with Gasteiger partial charge in [-0.3, -0.25) is 14.5 Å². The van der Waals surface area contributed by atoms with Gasteiger partial charge < -0.3 is 9.64 Å². The summed E-state index contributed by atoms with van der Waals surface area (Å²) in [7, 11) is 0. The second-order valence-electron chi connectivity index (χ2n) is 5.22. The van der Waals surface area contributed by atoms with Crippen molar-refractivity contribution in [3.63, 3.8) is 0 Å². The van der Waals surface area contributed by atoms with Crippen LogP contribution in [0.25, 0.3) is 0 Å². The summed E-state index contributed by atoms with van der Waals surface area (Å²) in [6.07, 6.45) is 0.834. The zero-order valence-electron chi connectivity index (χ0n) is 11.7. The van der Waals surface area contributed by atoms with Gasteiger partial charge in [0.1, 0.15) is 12.4 Å². The first kappa shape index (κ1) is 14.0. The molecule has 21 heavy (non-hydrogen) atoms. The van der Waals surface area contributed by atoms with Crippen molar-refractivity contribution in [1.82, 2.24) is 4.90 Å². The van der Waals surface area contributed by atoms with Gasteiger partial charge in [-0.1, -0.05) is 12.1 Å². The molecule has 6 heteroatoms. The van der Waals surface area contributed by atoms with Crippen LogP contribution in [0.15, 0.2) is 18.2 Å². The summed E-state index contributed by atoms with van der Waals surface area (Å²) < 4.78 is 19.3. The number of anilines is 1. The molecule has 1 fully saturated rings. The average Bonchev–Trinajstić information content (AvgIpc) is 2.51. The SMILES string of the molecule is O=C(CN1C(=O)CCc2cccc(F)c21)N1CCOCC1. The lowest BCUT2D eigenvalue weighted by molar-refractivity contribution is -0.135. The molecular formula is C15H17FN2O3. The number of halogens is 1. The first-order chi connectivity index (χ1) is 10.2. The van der Waals surface area contributed by atoms with Crippen molar-refractivity contribution in [2.24, 2.45) is 0 Å². The van der Waals surface area contributed by atoms with E-state index in [0.717, 1.165) is 5.56 Å². The maximum Gasteiger partial charge on any atom is 0.242 e. The van der Waals surface area contributed by atoms with E-state index in [1.807, 2.05) is 0 Å². The summed E-state index contributed by atoms with van der Waals surface area (Å²) in [5.41, 5.74) is 1.04. The Labute approximate surface area is 122 Å². The number of hydrogen-bond donors (Lipinski definition) is 0. The fraction of sp³-hybridized carbons (Fsp3) is 0.467. The van der Waals surface area contributed by atoms with Crippen molar-refractivity contribution in [3.8, 4) is 0 Å². The van der Waals surface area contributed by atoms with Gasteiger partial charge in [0.05, 0.1) is 18.9 Å². The van der Waals surface area contributed by atoms with E-state index in [4.69, 9.17) is 4.74 Å². The number of hydrogen-bond acceptors (Lipinski definition) is 3. The molecule has 0 unspecified atom stereocenters. The molecule has 1 saturated heterocycles. The molecule has 1 aromatic rings. The van der Waals surface area contributed by atoms with Crippen LogP contribution in [0.4, 0.5) is 10.1 Å². The molecule has 0 atom stereocenters. The maximum atomic E-state index is 14.0. The summed E-state index contributed by atoms with van der Waals surface area (Å²) in [6, 6.07) is 4.76. The Bertz CT molecular complexity index is 570. The Hall–Kier alpha value is -1.95. The predicted molar refractivity (Wildman–Crippen MR) is 74.5 cm³/mol. The van der Waals surface area contributed by atoms with Crippen LogP contribution in [-0.4, -0.2) is 49.6 Å². The average molecular weight is 292 g/mol. The summed E-state index contributed by atoms with van der Waals surface area (Å²) in [4.78, 5) is 27.3. The Morgan fingerprint density at radius 2 is 2.00 bits per heavy atom. The number of ether oxygens (including phenoxy) is 1.